The summed E-state index contributed by atoms with van der Waals surface area (Å²) in [6.07, 6.45) is 5.76. The van der Waals surface area contributed by atoms with Crippen LogP contribution in [0.15, 0.2) is 0 Å². The molecule has 1 heterocycles. The molecular formula is C14H28N2O3. The minimum atomic E-state index is -0.355. The highest BCUT2D eigenvalue weighted by Crippen LogP contribution is 2.21. The lowest BCUT2D eigenvalue weighted by Gasteiger charge is -2.25. The van der Waals surface area contributed by atoms with Crippen LogP contribution < -0.4 is 5.73 Å². The number of hydrogen-bond acceptors (Lipinski definition) is 4. The van der Waals surface area contributed by atoms with Gasteiger partial charge in [-0.2, -0.15) is 0 Å². The van der Waals surface area contributed by atoms with Crippen molar-refractivity contribution < 1.29 is 14.6 Å². The standard InChI is InChI=1S/C14H28N2O3/c1-2-3-4-5-8-16(9-10-17)14(18)13-7-6-12(11-15)19-13/h12-13,17H,2-11,15H2,1H3. The zero-order chi connectivity index (χ0) is 14.1. The van der Waals surface area contributed by atoms with Crippen LogP contribution in [0.2, 0.25) is 0 Å². The number of amides is 1. The Morgan fingerprint density at radius 2 is 2.11 bits per heavy atom. The predicted octanol–water partition coefficient (Wildman–Crippen LogP) is 0.894. The molecule has 1 aliphatic rings. The zero-order valence-corrected chi connectivity index (χ0v) is 12.0. The number of hydrogen-bond donors (Lipinski definition) is 2. The average Bonchev–Trinajstić information content (AvgIpc) is 2.90. The fraction of sp³-hybridized carbons (Fsp3) is 0.929. The van der Waals surface area contributed by atoms with Crippen molar-refractivity contribution in [3.63, 3.8) is 0 Å². The molecule has 0 radical (unpaired) electrons. The van der Waals surface area contributed by atoms with E-state index in [1.54, 1.807) is 4.90 Å². The molecule has 1 fully saturated rings. The van der Waals surface area contributed by atoms with Crippen LogP contribution in [0.1, 0.15) is 45.4 Å². The van der Waals surface area contributed by atoms with Crippen LogP contribution in [0.25, 0.3) is 0 Å². The Kier molecular flexibility index (Phi) is 8.02. The maximum absolute atomic E-state index is 12.3. The summed E-state index contributed by atoms with van der Waals surface area (Å²) < 4.78 is 5.63. The quantitative estimate of drug-likeness (QED) is 0.611. The lowest BCUT2D eigenvalue weighted by atomic mass is 10.1. The first-order valence-electron chi connectivity index (χ1n) is 7.48. The predicted molar refractivity (Wildman–Crippen MR) is 74.8 cm³/mol. The SMILES string of the molecule is CCCCCCN(CCO)C(=O)C1CCC(CN)O1. The fourth-order valence-corrected chi connectivity index (χ4v) is 2.45. The van der Waals surface area contributed by atoms with Crippen molar-refractivity contribution in [1.29, 1.82) is 0 Å². The number of carbonyl (C=O) groups is 1. The second-order valence-corrected chi connectivity index (χ2v) is 5.17. The molecular weight excluding hydrogens is 244 g/mol. The molecule has 2 atom stereocenters. The first kappa shape index (κ1) is 16.4. The van der Waals surface area contributed by atoms with Gasteiger partial charge in [0.2, 0.25) is 0 Å². The van der Waals surface area contributed by atoms with Gasteiger partial charge in [0.05, 0.1) is 12.7 Å². The molecule has 19 heavy (non-hydrogen) atoms. The van der Waals surface area contributed by atoms with Gasteiger partial charge in [0.1, 0.15) is 6.10 Å². The number of unbranched alkanes of at least 4 members (excludes halogenated alkanes) is 3. The molecule has 0 spiro atoms. The molecule has 2 unspecified atom stereocenters. The Bertz CT molecular complexity index is 261. The van der Waals surface area contributed by atoms with Crippen LogP contribution in [0.5, 0.6) is 0 Å². The Morgan fingerprint density at radius 1 is 1.32 bits per heavy atom. The van der Waals surface area contributed by atoms with Gasteiger partial charge in [-0.05, 0) is 19.3 Å². The second kappa shape index (κ2) is 9.28. The summed E-state index contributed by atoms with van der Waals surface area (Å²) in [5, 5.41) is 9.07. The number of carbonyl (C=O) groups excluding carboxylic acids is 1. The Morgan fingerprint density at radius 3 is 2.68 bits per heavy atom. The largest absolute Gasteiger partial charge is 0.395 e. The van der Waals surface area contributed by atoms with Gasteiger partial charge in [0.25, 0.3) is 5.91 Å². The van der Waals surface area contributed by atoms with E-state index in [4.69, 9.17) is 15.6 Å². The molecule has 1 aliphatic heterocycles. The molecule has 1 rings (SSSR count). The van der Waals surface area contributed by atoms with E-state index in [0.29, 0.717) is 19.6 Å². The molecule has 0 aromatic carbocycles. The lowest BCUT2D eigenvalue weighted by Crippen LogP contribution is -2.41. The van der Waals surface area contributed by atoms with Crippen molar-refractivity contribution in [3.05, 3.63) is 0 Å². The van der Waals surface area contributed by atoms with E-state index in [1.807, 2.05) is 0 Å². The van der Waals surface area contributed by atoms with Gasteiger partial charge in [-0.25, -0.2) is 0 Å². The van der Waals surface area contributed by atoms with E-state index in [0.717, 1.165) is 25.7 Å². The number of nitrogens with two attached hydrogens (primary N) is 1. The van der Waals surface area contributed by atoms with E-state index >= 15 is 0 Å². The van der Waals surface area contributed by atoms with Gasteiger partial charge >= 0.3 is 0 Å². The number of rotatable bonds is 9. The highest BCUT2D eigenvalue weighted by molar-refractivity contribution is 5.81. The third kappa shape index (κ3) is 5.47. The third-order valence-electron chi connectivity index (χ3n) is 3.61. The van der Waals surface area contributed by atoms with Gasteiger partial charge in [-0.1, -0.05) is 26.2 Å². The summed E-state index contributed by atoms with van der Waals surface area (Å²) in [6, 6.07) is 0. The van der Waals surface area contributed by atoms with Crippen molar-refractivity contribution in [2.24, 2.45) is 5.73 Å². The van der Waals surface area contributed by atoms with E-state index in [9.17, 15) is 4.79 Å². The first-order valence-corrected chi connectivity index (χ1v) is 7.48. The van der Waals surface area contributed by atoms with Crippen LogP contribution in [0.3, 0.4) is 0 Å². The van der Waals surface area contributed by atoms with Gasteiger partial charge in [0.15, 0.2) is 0 Å². The number of nitrogens with zero attached hydrogens (tertiary/aromatic N) is 1. The first-order chi connectivity index (χ1) is 9.22. The van der Waals surface area contributed by atoms with E-state index in [2.05, 4.69) is 6.92 Å². The van der Waals surface area contributed by atoms with E-state index in [-0.39, 0.29) is 24.7 Å². The maximum Gasteiger partial charge on any atom is 0.251 e. The lowest BCUT2D eigenvalue weighted by molar-refractivity contribution is -0.143. The summed E-state index contributed by atoms with van der Waals surface area (Å²) in [5.41, 5.74) is 5.55. The molecule has 5 heteroatoms. The molecule has 0 saturated carbocycles. The highest BCUT2D eigenvalue weighted by Gasteiger charge is 2.32. The van der Waals surface area contributed by atoms with E-state index < -0.39 is 0 Å². The smallest absolute Gasteiger partial charge is 0.251 e. The molecule has 0 aromatic heterocycles. The van der Waals surface area contributed by atoms with Crippen molar-refractivity contribution in [2.75, 3.05) is 26.2 Å². The van der Waals surface area contributed by atoms with Crippen molar-refractivity contribution in [1.82, 2.24) is 4.90 Å². The molecule has 0 aliphatic carbocycles. The Balaban J connectivity index is 2.39. The summed E-state index contributed by atoms with van der Waals surface area (Å²) >= 11 is 0. The van der Waals surface area contributed by atoms with Crippen LogP contribution in [0, 0.1) is 0 Å². The molecule has 3 N–H and O–H groups in total. The summed E-state index contributed by atoms with van der Waals surface area (Å²) in [7, 11) is 0. The van der Waals surface area contributed by atoms with Crippen molar-refractivity contribution in [3.8, 4) is 0 Å². The van der Waals surface area contributed by atoms with Crippen molar-refractivity contribution in [2.45, 2.75) is 57.7 Å². The number of aliphatic hydroxyl groups is 1. The van der Waals surface area contributed by atoms with Crippen LogP contribution in [0.4, 0.5) is 0 Å². The molecule has 0 aromatic rings. The molecule has 1 saturated heterocycles. The summed E-state index contributed by atoms with van der Waals surface area (Å²) in [4.78, 5) is 14.0. The molecule has 5 nitrogen and oxygen atoms in total. The second-order valence-electron chi connectivity index (χ2n) is 5.17. The van der Waals surface area contributed by atoms with Gasteiger partial charge < -0.3 is 20.5 Å². The summed E-state index contributed by atoms with van der Waals surface area (Å²) in [5.74, 6) is 0.0153. The van der Waals surface area contributed by atoms with Crippen LogP contribution >= 0.6 is 0 Å². The third-order valence-corrected chi connectivity index (χ3v) is 3.61. The highest BCUT2D eigenvalue weighted by atomic mass is 16.5. The maximum atomic E-state index is 12.3. The average molecular weight is 272 g/mol. The zero-order valence-electron chi connectivity index (χ0n) is 12.0. The molecule has 0 bridgehead atoms. The van der Waals surface area contributed by atoms with Gasteiger partial charge in [-0.15, -0.1) is 0 Å². The Hall–Kier alpha value is -0.650. The summed E-state index contributed by atoms with van der Waals surface area (Å²) in [6.45, 7) is 3.76. The van der Waals surface area contributed by atoms with Crippen LogP contribution in [-0.2, 0) is 9.53 Å². The molecule has 1 amide bonds. The minimum Gasteiger partial charge on any atom is -0.395 e. The van der Waals surface area contributed by atoms with Gasteiger partial charge in [0, 0.05) is 19.6 Å². The minimum absolute atomic E-state index is 0.00650. The fourth-order valence-electron chi connectivity index (χ4n) is 2.45. The van der Waals surface area contributed by atoms with E-state index in [1.165, 1.54) is 12.8 Å². The van der Waals surface area contributed by atoms with Crippen molar-refractivity contribution >= 4 is 5.91 Å². The number of aliphatic hydroxyl groups excluding tert-OH is 1. The Labute approximate surface area is 116 Å². The monoisotopic (exact) mass is 272 g/mol. The number of ether oxygens (including phenoxy) is 1. The normalized spacial score (nSPS) is 22.7. The molecule has 112 valence electrons. The topological polar surface area (TPSA) is 75.8 Å². The van der Waals surface area contributed by atoms with Gasteiger partial charge in [-0.3, -0.25) is 4.79 Å². The van der Waals surface area contributed by atoms with Crippen LogP contribution in [-0.4, -0.2) is 54.4 Å².